The van der Waals surface area contributed by atoms with Crippen molar-refractivity contribution >= 4 is 17.9 Å². The van der Waals surface area contributed by atoms with Gasteiger partial charge in [-0.1, -0.05) is 226 Å². The highest BCUT2D eigenvalue weighted by molar-refractivity contribution is 5.71. The Morgan fingerprint density at radius 3 is 1.12 bits per heavy atom. The highest BCUT2D eigenvalue weighted by Crippen LogP contribution is 2.14. The molecule has 0 fully saturated rings. The summed E-state index contributed by atoms with van der Waals surface area (Å²) < 4.78 is 16.8. The minimum absolute atomic E-state index is 0.102. The van der Waals surface area contributed by atoms with Crippen molar-refractivity contribution in [2.75, 3.05) is 13.2 Å². The van der Waals surface area contributed by atoms with Gasteiger partial charge in [-0.25, -0.2) is 0 Å². The molecule has 0 aromatic carbocycles. The Morgan fingerprint density at radius 1 is 0.328 bits per heavy atom. The zero-order valence-corrected chi connectivity index (χ0v) is 43.4. The van der Waals surface area contributed by atoms with E-state index in [1.165, 1.54) is 89.9 Å². The fourth-order valence-corrected chi connectivity index (χ4v) is 7.26. The summed E-state index contributed by atoms with van der Waals surface area (Å²) in [6, 6.07) is 0. The van der Waals surface area contributed by atoms with Crippen LogP contribution in [0.25, 0.3) is 0 Å². The highest BCUT2D eigenvalue weighted by Gasteiger charge is 2.19. The Morgan fingerprint density at radius 2 is 0.657 bits per heavy atom. The lowest BCUT2D eigenvalue weighted by Gasteiger charge is -2.18. The SMILES string of the molecule is CC/C=C/C=C/C=C/C=C/CCCCCC(=O)OCC(COC(=O)CCCCCCCC/C=C/C/C=C/C/C=C/C/C=C/CC)OC(=O)CCCCCCCCC/C=C/CCCCCCCC. The maximum atomic E-state index is 12.8. The van der Waals surface area contributed by atoms with Gasteiger partial charge in [0, 0.05) is 19.3 Å². The van der Waals surface area contributed by atoms with Gasteiger partial charge in [0.05, 0.1) is 0 Å². The minimum atomic E-state index is -0.804. The van der Waals surface area contributed by atoms with Crippen LogP contribution in [-0.2, 0) is 28.6 Å². The van der Waals surface area contributed by atoms with Crippen molar-refractivity contribution in [3.63, 3.8) is 0 Å². The van der Waals surface area contributed by atoms with Gasteiger partial charge in [-0.15, -0.1) is 0 Å². The molecule has 0 heterocycles. The van der Waals surface area contributed by atoms with Gasteiger partial charge in [-0.2, -0.15) is 0 Å². The van der Waals surface area contributed by atoms with Crippen LogP contribution in [0.15, 0.2) is 109 Å². The molecule has 67 heavy (non-hydrogen) atoms. The molecule has 1 unspecified atom stereocenters. The lowest BCUT2D eigenvalue weighted by atomic mass is 10.1. The van der Waals surface area contributed by atoms with Gasteiger partial charge in [-0.05, 0) is 103 Å². The average Bonchev–Trinajstić information content (AvgIpc) is 3.33. The summed E-state index contributed by atoms with van der Waals surface area (Å²) in [5.74, 6) is -0.961. The highest BCUT2D eigenvalue weighted by atomic mass is 16.6. The van der Waals surface area contributed by atoms with Crippen LogP contribution in [0.3, 0.4) is 0 Å². The van der Waals surface area contributed by atoms with Crippen molar-refractivity contribution in [1.82, 2.24) is 0 Å². The number of hydrogen-bond acceptors (Lipinski definition) is 6. The second-order valence-electron chi connectivity index (χ2n) is 17.8. The van der Waals surface area contributed by atoms with Crippen molar-refractivity contribution < 1.29 is 28.6 Å². The molecule has 0 saturated heterocycles. The number of ether oxygens (including phenoxy) is 3. The van der Waals surface area contributed by atoms with E-state index in [9.17, 15) is 14.4 Å². The van der Waals surface area contributed by atoms with Gasteiger partial charge in [0.1, 0.15) is 13.2 Å². The van der Waals surface area contributed by atoms with Crippen LogP contribution >= 0.6 is 0 Å². The molecule has 0 N–H and O–H groups in total. The number of carbonyl (C=O) groups is 3. The number of unbranched alkanes of at least 4 members (excludes halogenated alkanes) is 22. The predicted molar refractivity (Wildman–Crippen MR) is 288 cm³/mol. The third-order valence-corrected chi connectivity index (χ3v) is 11.3. The first-order valence-electron chi connectivity index (χ1n) is 27.4. The maximum absolute atomic E-state index is 12.8. The molecule has 0 bridgehead atoms. The van der Waals surface area contributed by atoms with Gasteiger partial charge in [0.25, 0.3) is 0 Å². The molecule has 0 radical (unpaired) electrons. The summed E-state index contributed by atoms with van der Waals surface area (Å²) in [5, 5.41) is 0. The van der Waals surface area contributed by atoms with E-state index in [1.807, 2.05) is 36.5 Å². The summed E-state index contributed by atoms with van der Waals surface area (Å²) in [6.45, 7) is 6.33. The Bertz CT molecular complexity index is 1390. The molecule has 6 nitrogen and oxygen atoms in total. The van der Waals surface area contributed by atoms with Crippen molar-refractivity contribution in [3.8, 4) is 0 Å². The van der Waals surface area contributed by atoms with Crippen LogP contribution in [0, 0.1) is 0 Å². The second-order valence-corrected chi connectivity index (χ2v) is 17.8. The zero-order chi connectivity index (χ0) is 48.6. The normalized spacial score (nSPS) is 12.9. The molecule has 0 aliphatic carbocycles. The molecule has 6 heteroatoms. The summed E-state index contributed by atoms with van der Waals surface area (Å²) in [4.78, 5) is 38.1. The minimum Gasteiger partial charge on any atom is -0.462 e. The topological polar surface area (TPSA) is 78.9 Å². The van der Waals surface area contributed by atoms with Crippen LogP contribution in [0.4, 0.5) is 0 Å². The first-order valence-corrected chi connectivity index (χ1v) is 27.4. The van der Waals surface area contributed by atoms with E-state index in [0.717, 1.165) is 109 Å². The first kappa shape index (κ1) is 63.1. The number of hydrogen-bond donors (Lipinski definition) is 0. The zero-order valence-electron chi connectivity index (χ0n) is 43.4. The molecule has 0 aliphatic heterocycles. The van der Waals surface area contributed by atoms with E-state index in [-0.39, 0.29) is 31.1 Å². The average molecular weight is 929 g/mol. The van der Waals surface area contributed by atoms with Gasteiger partial charge < -0.3 is 14.2 Å². The van der Waals surface area contributed by atoms with Crippen LogP contribution in [0.5, 0.6) is 0 Å². The number of carbonyl (C=O) groups excluding carboxylic acids is 3. The molecule has 0 saturated carbocycles. The Labute approximate surface area is 412 Å². The molecule has 0 aliphatic rings. The fraction of sp³-hybridized carbons (Fsp3) is 0.656. The number of rotatable bonds is 48. The first-order chi connectivity index (χ1) is 33.0. The van der Waals surface area contributed by atoms with Gasteiger partial charge >= 0.3 is 17.9 Å². The third-order valence-electron chi connectivity index (χ3n) is 11.3. The number of esters is 3. The van der Waals surface area contributed by atoms with E-state index in [2.05, 4.69) is 93.7 Å². The molecule has 0 aromatic rings. The monoisotopic (exact) mass is 929 g/mol. The summed E-state index contributed by atoms with van der Waals surface area (Å²) in [5.41, 5.74) is 0. The quantitative estimate of drug-likeness (QED) is 0.0199. The number of allylic oxidation sites excluding steroid dienone is 18. The van der Waals surface area contributed by atoms with Crippen molar-refractivity contribution in [2.45, 2.75) is 245 Å². The summed E-state index contributed by atoms with van der Waals surface area (Å²) in [7, 11) is 0. The smallest absolute Gasteiger partial charge is 0.306 e. The summed E-state index contributed by atoms with van der Waals surface area (Å²) >= 11 is 0. The van der Waals surface area contributed by atoms with Crippen molar-refractivity contribution in [1.29, 1.82) is 0 Å². The predicted octanol–water partition coefficient (Wildman–Crippen LogP) is 18.3. The van der Waals surface area contributed by atoms with Gasteiger partial charge in [0.2, 0.25) is 0 Å². The van der Waals surface area contributed by atoms with E-state index in [4.69, 9.17) is 14.2 Å². The lowest BCUT2D eigenvalue weighted by molar-refractivity contribution is -0.167. The molecular weight excluding hydrogens is 829 g/mol. The molecule has 380 valence electrons. The molecule has 0 rings (SSSR count). The van der Waals surface area contributed by atoms with Gasteiger partial charge in [0.15, 0.2) is 6.10 Å². The Kier molecular flexibility index (Phi) is 51.5. The van der Waals surface area contributed by atoms with E-state index >= 15 is 0 Å². The largest absolute Gasteiger partial charge is 0.462 e. The lowest BCUT2D eigenvalue weighted by Crippen LogP contribution is -2.30. The van der Waals surface area contributed by atoms with Crippen LogP contribution < -0.4 is 0 Å². The van der Waals surface area contributed by atoms with E-state index in [1.54, 1.807) is 0 Å². The second kappa shape index (κ2) is 54.7. The Balaban J connectivity index is 4.46. The van der Waals surface area contributed by atoms with Crippen molar-refractivity contribution in [2.24, 2.45) is 0 Å². The molecule has 0 amide bonds. The molecule has 0 spiro atoms. The van der Waals surface area contributed by atoms with Crippen LogP contribution in [-0.4, -0.2) is 37.2 Å². The molecular formula is C61H100O6. The maximum Gasteiger partial charge on any atom is 0.306 e. The van der Waals surface area contributed by atoms with Crippen LogP contribution in [0.1, 0.15) is 239 Å². The standard InChI is InChI=1S/C61H100O6/c1-4-7-10-13-16-19-22-25-27-29-30-32-33-36-39-42-45-48-51-54-60(63)66-57-58(56-65-59(62)53-50-47-44-41-38-35-24-21-18-15-12-9-6-3)67-61(64)55-52-49-46-43-40-37-34-31-28-26-23-20-17-14-11-8-5-2/h7,9-10,12,15-16,18-19,21,24-28,30,32,35,38,58H,4-6,8,11,13-14,17,20,22-23,29,31,33-34,36-37,39-57H2,1-3H3/b10-7+,12-9+,18-15+,19-16+,24-21+,27-25+,28-26+,32-30+,38-35+. The Hall–Kier alpha value is -3.93. The molecule has 0 aromatic heterocycles. The summed E-state index contributed by atoms with van der Waals surface area (Å²) in [6.07, 6.45) is 73.6. The van der Waals surface area contributed by atoms with Gasteiger partial charge in [-0.3, -0.25) is 14.4 Å². The fourth-order valence-electron chi connectivity index (χ4n) is 7.26. The van der Waals surface area contributed by atoms with E-state index in [0.29, 0.717) is 19.3 Å². The van der Waals surface area contributed by atoms with E-state index < -0.39 is 6.10 Å². The third kappa shape index (κ3) is 52.9. The van der Waals surface area contributed by atoms with Crippen molar-refractivity contribution in [3.05, 3.63) is 109 Å². The molecule has 1 atom stereocenters. The van der Waals surface area contributed by atoms with Crippen LogP contribution in [0.2, 0.25) is 0 Å².